The van der Waals surface area contributed by atoms with E-state index >= 15 is 0 Å². The first-order valence-corrected chi connectivity index (χ1v) is 9.27. The second-order valence-electron chi connectivity index (χ2n) is 6.73. The summed E-state index contributed by atoms with van der Waals surface area (Å²) in [4.78, 5) is 15.0. The molecule has 1 aliphatic rings. The highest BCUT2D eigenvalue weighted by atomic mass is 16.5. The van der Waals surface area contributed by atoms with Crippen molar-refractivity contribution in [2.24, 2.45) is 0 Å². The summed E-state index contributed by atoms with van der Waals surface area (Å²) in [6.45, 7) is 2.83. The minimum atomic E-state index is 0.0197. The fourth-order valence-corrected chi connectivity index (χ4v) is 3.60. The quantitative estimate of drug-likeness (QED) is 0.612. The minimum absolute atomic E-state index is 0.0197. The molecule has 0 aromatic heterocycles. The molecule has 1 amide bonds. The van der Waals surface area contributed by atoms with Gasteiger partial charge in [-0.05, 0) is 35.7 Å². The number of rotatable bonds is 8. The second kappa shape index (κ2) is 8.19. The standard InChI is InChI=1S/C22H27NO2/c1-3-4-5-6-10-20-19-9-7-8-11-21(19)23(22(20)24)16-17-12-14-18(25-2)15-13-17/h7-9,11-15,20H,3-6,10,16H2,1-2H3. The number of benzene rings is 2. The number of hydrogen-bond acceptors (Lipinski definition) is 2. The lowest BCUT2D eigenvalue weighted by molar-refractivity contribution is -0.119. The van der Waals surface area contributed by atoms with Gasteiger partial charge in [0, 0.05) is 5.69 Å². The number of anilines is 1. The van der Waals surface area contributed by atoms with Gasteiger partial charge in [-0.1, -0.05) is 62.9 Å². The molecule has 0 spiro atoms. The van der Waals surface area contributed by atoms with E-state index in [-0.39, 0.29) is 11.8 Å². The largest absolute Gasteiger partial charge is 0.497 e. The number of methoxy groups -OCH3 is 1. The Morgan fingerprint density at radius 2 is 1.76 bits per heavy atom. The molecular weight excluding hydrogens is 310 g/mol. The molecule has 3 rings (SSSR count). The van der Waals surface area contributed by atoms with Gasteiger partial charge in [0.15, 0.2) is 0 Å². The molecule has 25 heavy (non-hydrogen) atoms. The number of unbranched alkanes of at least 4 members (excludes halogenated alkanes) is 3. The number of hydrogen-bond donors (Lipinski definition) is 0. The fourth-order valence-electron chi connectivity index (χ4n) is 3.60. The molecule has 0 bridgehead atoms. The molecule has 0 saturated heterocycles. The summed E-state index contributed by atoms with van der Waals surface area (Å²) < 4.78 is 5.22. The third kappa shape index (κ3) is 3.87. The summed E-state index contributed by atoms with van der Waals surface area (Å²) in [6.07, 6.45) is 5.75. The van der Waals surface area contributed by atoms with Crippen molar-refractivity contribution in [3.63, 3.8) is 0 Å². The van der Waals surface area contributed by atoms with Crippen LogP contribution >= 0.6 is 0 Å². The predicted molar refractivity (Wildman–Crippen MR) is 102 cm³/mol. The van der Waals surface area contributed by atoms with E-state index in [0.717, 1.165) is 29.8 Å². The van der Waals surface area contributed by atoms with Crippen molar-refractivity contribution >= 4 is 11.6 Å². The Balaban J connectivity index is 1.76. The SMILES string of the molecule is CCCCCCC1C(=O)N(Cc2ccc(OC)cc2)c2ccccc21. The van der Waals surface area contributed by atoms with Crippen molar-refractivity contribution in [3.05, 3.63) is 59.7 Å². The van der Waals surface area contributed by atoms with Gasteiger partial charge in [0.2, 0.25) is 5.91 Å². The smallest absolute Gasteiger partial charge is 0.234 e. The molecule has 0 N–H and O–H groups in total. The van der Waals surface area contributed by atoms with Crippen LogP contribution in [-0.4, -0.2) is 13.0 Å². The van der Waals surface area contributed by atoms with E-state index in [1.165, 1.54) is 24.8 Å². The fraction of sp³-hybridized carbons (Fsp3) is 0.409. The average molecular weight is 337 g/mol. The number of carbonyl (C=O) groups is 1. The Morgan fingerprint density at radius 3 is 2.48 bits per heavy atom. The number of amides is 1. The van der Waals surface area contributed by atoms with E-state index in [9.17, 15) is 4.79 Å². The number of nitrogens with zero attached hydrogens (tertiary/aromatic N) is 1. The summed E-state index contributed by atoms with van der Waals surface area (Å²) in [5.74, 6) is 1.10. The van der Waals surface area contributed by atoms with Gasteiger partial charge in [0.05, 0.1) is 19.6 Å². The van der Waals surface area contributed by atoms with E-state index < -0.39 is 0 Å². The van der Waals surface area contributed by atoms with E-state index in [2.05, 4.69) is 19.1 Å². The van der Waals surface area contributed by atoms with Crippen molar-refractivity contribution in [2.75, 3.05) is 12.0 Å². The van der Waals surface area contributed by atoms with Crippen LogP contribution in [0, 0.1) is 0 Å². The molecule has 0 radical (unpaired) electrons. The molecule has 3 nitrogen and oxygen atoms in total. The lowest BCUT2D eigenvalue weighted by atomic mass is 9.94. The van der Waals surface area contributed by atoms with Crippen molar-refractivity contribution in [1.82, 2.24) is 0 Å². The monoisotopic (exact) mass is 337 g/mol. The van der Waals surface area contributed by atoms with Crippen molar-refractivity contribution in [2.45, 2.75) is 51.5 Å². The Labute approximate surface area is 150 Å². The maximum absolute atomic E-state index is 13.1. The highest BCUT2D eigenvalue weighted by Crippen LogP contribution is 2.40. The van der Waals surface area contributed by atoms with Gasteiger partial charge < -0.3 is 9.64 Å². The molecular formula is C22H27NO2. The van der Waals surface area contributed by atoms with Crippen LogP contribution in [0.1, 0.15) is 56.1 Å². The van der Waals surface area contributed by atoms with Gasteiger partial charge in [-0.25, -0.2) is 0 Å². The lowest BCUT2D eigenvalue weighted by Crippen LogP contribution is -2.28. The molecule has 2 aromatic rings. The van der Waals surface area contributed by atoms with E-state index in [1.807, 2.05) is 41.3 Å². The molecule has 3 heteroatoms. The Hall–Kier alpha value is -2.29. The van der Waals surface area contributed by atoms with Crippen LogP contribution in [0.3, 0.4) is 0 Å². The van der Waals surface area contributed by atoms with Crippen molar-refractivity contribution in [1.29, 1.82) is 0 Å². The maximum Gasteiger partial charge on any atom is 0.234 e. The minimum Gasteiger partial charge on any atom is -0.497 e. The average Bonchev–Trinajstić information content (AvgIpc) is 2.91. The van der Waals surface area contributed by atoms with Crippen LogP contribution in [0.25, 0.3) is 0 Å². The first kappa shape index (κ1) is 17.5. The molecule has 2 aromatic carbocycles. The van der Waals surface area contributed by atoms with E-state index in [1.54, 1.807) is 7.11 Å². The van der Waals surface area contributed by atoms with Gasteiger partial charge in [0.1, 0.15) is 5.75 Å². The predicted octanol–water partition coefficient (Wildman–Crippen LogP) is 5.30. The maximum atomic E-state index is 13.1. The molecule has 132 valence electrons. The molecule has 0 aliphatic carbocycles. The first-order valence-electron chi connectivity index (χ1n) is 9.27. The van der Waals surface area contributed by atoms with Gasteiger partial charge in [-0.3, -0.25) is 4.79 Å². The van der Waals surface area contributed by atoms with Crippen molar-refractivity contribution < 1.29 is 9.53 Å². The number of fused-ring (bicyclic) bond motifs is 1. The van der Waals surface area contributed by atoms with Crippen LogP contribution < -0.4 is 9.64 Å². The highest BCUT2D eigenvalue weighted by Gasteiger charge is 2.36. The van der Waals surface area contributed by atoms with Crippen LogP contribution in [0.2, 0.25) is 0 Å². The molecule has 0 fully saturated rings. The summed E-state index contributed by atoms with van der Waals surface area (Å²) >= 11 is 0. The summed E-state index contributed by atoms with van der Waals surface area (Å²) in [5.41, 5.74) is 3.39. The first-order chi connectivity index (χ1) is 12.2. The van der Waals surface area contributed by atoms with Gasteiger partial charge in [-0.2, -0.15) is 0 Å². The van der Waals surface area contributed by atoms with Crippen LogP contribution in [0.4, 0.5) is 5.69 Å². The second-order valence-corrected chi connectivity index (χ2v) is 6.73. The molecule has 1 aliphatic heterocycles. The number of para-hydroxylation sites is 1. The van der Waals surface area contributed by atoms with Gasteiger partial charge in [-0.15, -0.1) is 0 Å². The molecule has 0 saturated carbocycles. The Kier molecular flexibility index (Phi) is 5.75. The Bertz CT molecular complexity index is 708. The summed E-state index contributed by atoms with van der Waals surface area (Å²) in [7, 11) is 1.67. The lowest BCUT2D eigenvalue weighted by Gasteiger charge is -2.18. The van der Waals surface area contributed by atoms with Crippen LogP contribution in [-0.2, 0) is 11.3 Å². The molecule has 1 atom stereocenters. The third-order valence-corrected chi connectivity index (χ3v) is 5.01. The zero-order valence-corrected chi connectivity index (χ0v) is 15.2. The summed E-state index contributed by atoms with van der Waals surface area (Å²) in [6, 6.07) is 16.2. The highest BCUT2D eigenvalue weighted by molar-refractivity contribution is 6.04. The zero-order valence-electron chi connectivity index (χ0n) is 15.2. The Morgan fingerprint density at radius 1 is 1.00 bits per heavy atom. The molecule has 1 unspecified atom stereocenters. The van der Waals surface area contributed by atoms with Crippen molar-refractivity contribution in [3.8, 4) is 5.75 Å². The topological polar surface area (TPSA) is 29.5 Å². The van der Waals surface area contributed by atoms with E-state index in [0.29, 0.717) is 6.54 Å². The van der Waals surface area contributed by atoms with E-state index in [4.69, 9.17) is 4.74 Å². The van der Waals surface area contributed by atoms with Crippen LogP contribution in [0.15, 0.2) is 48.5 Å². The third-order valence-electron chi connectivity index (χ3n) is 5.01. The van der Waals surface area contributed by atoms with Crippen LogP contribution in [0.5, 0.6) is 5.75 Å². The zero-order chi connectivity index (χ0) is 17.6. The molecule has 1 heterocycles. The van der Waals surface area contributed by atoms with Gasteiger partial charge >= 0.3 is 0 Å². The summed E-state index contributed by atoms with van der Waals surface area (Å²) in [5, 5.41) is 0. The van der Waals surface area contributed by atoms with Gasteiger partial charge in [0.25, 0.3) is 0 Å². The number of carbonyl (C=O) groups excluding carboxylic acids is 1. The number of ether oxygens (including phenoxy) is 1. The normalized spacial score (nSPS) is 16.2.